The molecular weight excluding hydrogens is 360 g/mol. The van der Waals surface area contributed by atoms with E-state index in [1.807, 2.05) is 13.1 Å². The van der Waals surface area contributed by atoms with Crippen molar-refractivity contribution in [3.05, 3.63) is 71.3 Å². The summed E-state index contributed by atoms with van der Waals surface area (Å²) in [6.45, 7) is 5.28. The largest absolute Gasteiger partial charge is 0.376 e. The van der Waals surface area contributed by atoms with Crippen molar-refractivity contribution in [1.29, 1.82) is 0 Å². The van der Waals surface area contributed by atoms with Crippen LogP contribution in [-0.4, -0.2) is 56.6 Å². The van der Waals surface area contributed by atoms with Gasteiger partial charge in [-0.15, -0.1) is 0 Å². The second-order valence-corrected chi connectivity index (χ2v) is 8.06. The topological polar surface area (TPSA) is 40.1 Å². The molecule has 1 unspecified atom stereocenters. The third kappa shape index (κ3) is 6.87. The number of guanidine groups is 1. The predicted molar refractivity (Wildman–Crippen MR) is 120 cm³/mol. The van der Waals surface area contributed by atoms with Crippen LogP contribution in [0.4, 0.5) is 0 Å². The van der Waals surface area contributed by atoms with Gasteiger partial charge in [0.2, 0.25) is 0 Å². The number of ether oxygens (including phenoxy) is 1. The van der Waals surface area contributed by atoms with Gasteiger partial charge < -0.3 is 19.9 Å². The number of aliphatic imine (C=N–C) groups is 1. The van der Waals surface area contributed by atoms with Crippen LogP contribution in [0.15, 0.2) is 59.6 Å². The molecule has 0 amide bonds. The van der Waals surface area contributed by atoms with Crippen molar-refractivity contribution in [1.82, 2.24) is 15.1 Å². The van der Waals surface area contributed by atoms with E-state index in [0.717, 1.165) is 45.2 Å². The van der Waals surface area contributed by atoms with E-state index in [9.17, 15) is 0 Å². The van der Waals surface area contributed by atoms with Gasteiger partial charge in [-0.05, 0) is 37.2 Å². The molecule has 29 heavy (non-hydrogen) atoms. The monoisotopic (exact) mass is 394 g/mol. The fourth-order valence-electron chi connectivity index (χ4n) is 3.72. The SMILES string of the molecule is CN=C(NCc1ccc(CN(C)C)cc1)N1CCC(COCc2ccccc2)C1. The summed E-state index contributed by atoms with van der Waals surface area (Å²) in [6, 6.07) is 19.2. The Morgan fingerprint density at radius 2 is 1.79 bits per heavy atom. The van der Waals surface area contributed by atoms with Crippen molar-refractivity contribution >= 4 is 5.96 Å². The van der Waals surface area contributed by atoms with Crippen LogP contribution in [0.25, 0.3) is 0 Å². The second-order valence-electron chi connectivity index (χ2n) is 8.06. The molecule has 1 aliphatic rings. The van der Waals surface area contributed by atoms with Gasteiger partial charge in [-0.2, -0.15) is 0 Å². The Morgan fingerprint density at radius 1 is 1.07 bits per heavy atom. The standard InChI is InChI=1S/C24H34N4O/c1-25-24(26-15-20-9-11-21(12-10-20)16-27(2)3)28-14-13-23(17-28)19-29-18-22-7-5-4-6-8-22/h4-12,23H,13-19H2,1-3H3,(H,25,26). The molecular formula is C24H34N4O. The molecule has 0 spiro atoms. The number of nitrogens with one attached hydrogen (secondary N) is 1. The third-order valence-electron chi connectivity index (χ3n) is 5.23. The van der Waals surface area contributed by atoms with Crippen LogP contribution in [-0.2, 0) is 24.4 Å². The van der Waals surface area contributed by atoms with Crippen LogP contribution in [0, 0.1) is 5.92 Å². The molecule has 0 aromatic heterocycles. The zero-order chi connectivity index (χ0) is 20.5. The minimum absolute atomic E-state index is 0.558. The van der Waals surface area contributed by atoms with E-state index >= 15 is 0 Å². The van der Waals surface area contributed by atoms with Gasteiger partial charge in [-0.1, -0.05) is 54.6 Å². The lowest BCUT2D eigenvalue weighted by atomic mass is 10.1. The molecule has 1 atom stereocenters. The molecule has 5 heteroatoms. The van der Waals surface area contributed by atoms with Gasteiger partial charge >= 0.3 is 0 Å². The molecule has 3 rings (SSSR count). The van der Waals surface area contributed by atoms with Crippen LogP contribution >= 0.6 is 0 Å². The summed E-state index contributed by atoms with van der Waals surface area (Å²) in [5.74, 6) is 1.54. The van der Waals surface area contributed by atoms with E-state index in [1.54, 1.807) is 0 Å². The number of hydrogen-bond donors (Lipinski definition) is 1. The zero-order valence-corrected chi connectivity index (χ0v) is 18.0. The van der Waals surface area contributed by atoms with Gasteiger partial charge in [-0.25, -0.2) is 0 Å². The van der Waals surface area contributed by atoms with Crippen LogP contribution < -0.4 is 5.32 Å². The molecule has 156 valence electrons. The predicted octanol–water partition coefficient (Wildman–Crippen LogP) is 3.36. The first-order valence-corrected chi connectivity index (χ1v) is 10.4. The van der Waals surface area contributed by atoms with Gasteiger partial charge in [0, 0.05) is 39.1 Å². The maximum absolute atomic E-state index is 5.94. The Labute approximate surface area is 175 Å². The zero-order valence-electron chi connectivity index (χ0n) is 18.0. The maximum atomic E-state index is 5.94. The Hall–Kier alpha value is -2.37. The summed E-state index contributed by atoms with van der Waals surface area (Å²) >= 11 is 0. The average molecular weight is 395 g/mol. The van der Waals surface area contributed by atoms with Crippen molar-refractivity contribution < 1.29 is 4.74 Å². The molecule has 0 bridgehead atoms. The van der Waals surface area contributed by atoms with E-state index in [2.05, 4.69) is 82.7 Å². The van der Waals surface area contributed by atoms with Crippen LogP contribution in [0.2, 0.25) is 0 Å². The number of nitrogens with zero attached hydrogens (tertiary/aromatic N) is 3. The molecule has 2 aromatic carbocycles. The third-order valence-corrected chi connectivity index (χ3v) is 5.23. The summed E-state index contributed by atoms with van der Waals surface area (Å²) < 4.78 is 5.94. The molecule has 0 saturated carbocycles. The molecule has 5 nitrogen and oxygen atoms in total. The minimum atomic E-state index is 0.558. The van der Waals surface area contributed by atoms with Crippen LogP contribution in [0.5, 0.6) is 0 Å². The van der Waals surface area contributed by atoms with Crippen molar-refractivity contribution in [2.75, 3.05) is 40.8 Å². The van der Waals surface area contributed by atoms with Gasteiger partial charge in [0.25, 0.3) is 0 Å². The smallest absolute Gasteiger partial charge is 0.193 e. The first kappa shape index (κ1) is 21.3. The maximum Gasteiger partial charge on any atom is 0.193 e. The van der Waals surface area contributed by atoms with Crippen molar-refractivity contribution in [3.8, 4) is 0 Å². The quantitative estimate of drug-likeness (QED) is 0.551. The second kappa shape index (κ2) is 11.0. The van der Waals surface area contributed by atoms with Gasteiger partial charge in [-0.3, -0.25) is 4.99 Å². The lowest BCUT2D eigenvalue weighted by molar-refractivity contribution is 0.0906. The fourth-order valence-corrected chi connectivity index (χ4v) is 3.72. The summed E-state index contributed by atoms with van der Waals surface area (Å²) in [5, 5.41) is 3.52. The Morgan fingerprint density at radius 3 is 2.48 bits per heavy atom. The van der Waals surface area contributed by atoms with E-state index < -0.39 is 0 Å². The highest BCUT2D eigenvalue weighted by Crippen LogP contribution is 2.17. The summed E-state index contributed by atoms with van der Waals surface area (Å²) in [7, 11) is 6.05. The number of hydrogen-bond acceptors (Lipinski definition) is 3. The van der Waals surface area contributed by atoms with Crippen LogP contribution in [0.1, 0.15) is 23.1 Å². The van der Waals surface area contributed by atoms with E-state index in [1.165, 1.54) is 16.7 Å². The molecule has 1 N–H and O–H groups in total. The van der Waals surface area contributed by atoms with E-state index in [0.29, 0.717) is 12.5 Å². The first-order valence-electron chi connectivity index (χ1n) is 10.4. The van der Waals surface area contributed by atoms with Gasteiger partial charge in [0.15, 0.2) is 5.96 Å². The lowest BCUT2D eigenvalue weighted by Gasteiger charge is -2.22. The highest BCUT2D eigenvalue weighted by molar-refractivity contribution is 5.80. The van der Waals surface area contributed by atoms with E-state index in [4.69, 9.17) is 4.74 Å². The summed E-state index contributed by atoms with van der Waals surface area (Å²) in [6.07, 6.45) is 1.15. The number of benzene rings is 2. The van der Waals surface area contributed by atoms with E-state index in [-0.39, 0.29) is 0 Å². The Balaban J connectivity index is 1.41. The lowest BCUT2D eigenvalue weighted by Crippen LogP contribution is -2.39. The molecule has 2 aromatic rings. The highest BCUT2D eigenvalue weighted by atomic mass is 16.5. The molecule has 1 fully saturated rings. The van der Waals surface area contributed by atoms with Crippen molar-refractivity contribution in [2.45, 2.75) is 26.1 Å². The molecule has 1 saturated heterocycles. The average Bonchev–Trinajstić information content (AvgIpc) is 3.19. The highest BCUT2D eigenvalue weighted by Gasteiger charge is 2.24. The number of likely N-dealkylation sites (tertiary alicyclic amines) is 1. The van der Waals surface area contributed by atoms with Crippen molar-refractivity contribution in [3.63, 3.8) is 0 Å². The molecule has 1 aliphatic heterocycles. The van der Waals surface area contributed by atoms with Gasteiger partial charge in [0.1, 0.15) is 0 Å². The molecule has 1 heterocycles. The Bertz CT molecular complexity index is 758. The minimum Gasteiger partial charge on any atom is -0.376 e. The first-order chi connectivity index (χ1) is 14.1. The summed E-state index contributed by atoms with van der Waals surface area (Å²) in [5.41, 5.74) is 3.84. The molecule has 0 aliphatic carbocycles. The molecule has 0 radical (unpaired) electrons. The Kier molecular flexibility index (Phi) is 8.08. The number of rotatable bonds is 8. The summed E-state index contributed by atoms with van der Waals surface area (Å²) in [4.78, 5) is 9.02. The van der Waals surface area contributed by atoms with Crippen molar-refractivity contribution in [2.24, 2.45) is 10.9 Å². The fraction of sp³-hybridized carbons (Fsp3) is 0.458. The van der Waals surface area contributed by atoms with Crippen LogP contribution in [0.3, 0.4) is 0 Å². The van der Waals surface area contributed by atoms with Gasteiger partial charge in [0.05, 0.1) is 13.2 Å². The normalized spacial score (nSPS) is 17.2.